The maximum atomic E-state index is 13.4. The Bertz CT molecular complexity index is 1230. The summed E-state index contributed by atoms with van der Waals surface area (Å²) in [5.41, 5.74) is 3.53. The van der Waals surface area contributed by atoms with Crippen LogP contribution in [0.25, 0.3) is 0 Å². The molecule has 0 saturated heterocycles. The SMILES string of the molecule is Cc1cccc(N2C(=O)C(O)=C(C(=O)CCc3ccccc3)C2c2ccc(OCC(C)C)cc2)c1. The number of ketones is 1. The van der Waals surface area contributed by atoms with Gasteiger partial charge in [0.15, 0.2) is 11.5 Å². The van der Waals surface area contributed by atoms with Crippen LogP contribution >= 0.6 is 0 Å². The fourth-order valence-electron chi connectivity index (χ4n) is 4.30. The summed E-state index contributed by atoms with van der Waals surface area (Å²) in [5, 5.41) is 10.9. The van der Waals surface area contributed by atoms with Gasteiger partial charge in [0.25, 0.3) is 5.91 Å². The van der Waals surface area contributed by atoms with Crippen LogP contribution in [0.5, 0.6) is 5.75 Å². The third kappa shape index (κ3) is 5.46. The quantitative estimate of drug-likeness (QED) is 0.409. The van der Waals surface area contributed by atoms with Crippen molar-refractivity contribution in [2.75, 3.05) is 11.5 Å². The maximum absolute atomic E-state index is 13.4. The lowest BCUT2D eigenvalue weighted by Crippen LogP contribution is -2.31. The smallest absolute Gasteiger partial charge is 0.294 e. The van der Waals surface area contributed by atoms with Crippen molar-refractivity contribution in [3.63, 3.8) is 0 Å². The molecule has 0 saturated carbocycles. The van der Waals surface area contributed by atoms with Crippen LogP contribution in [0.4, 0.5) is 5.69 Å². The molecule has 1 amide bonds. The van der Waals surface area contributed by atoms with Crippen LogP contribution in [0.15, 0.2) is 90.2 Å². The minimum absolute atomic E-state index is 0.142. The Labute approximate surface area is 206 Å². The third-order valence-corrected chi connectivity index (χ3v) is 6.05. The molecule has 5 nitrogen and oxygen atoms in total. The van der Waals surface area contributed by atoms with Gasteiger partial charge in [-0.25, -0.2) is 0 Å². The largest absolute Gasteiger partial charge is 0.503 e. The number of amides is 1. The molecular weight excluding hydrogens is 438 g/mol. The predicted molar refractivity (Wildman–Crippen MR) is 138 cm³/mol. The summed E-state index contributed by atoms with van der Waals surface area (Å²) < 4.78 is 5.81. The van der Waals surface area contributed by atoms with Gasteiger partial charge in [0.05, 0.1) is 18.2 Å². The van der Waals surface area contributed by atoms with Crippen molar-refractivity contribution in [2.24, 2.45) is 5.92 Å². The maximum Gasteiger partial charge on any atom is 0.294 e. The molecule has 0 aliphatic carbocycles. The molecule has 0 aromatic heterocycles. The first kappa shape index (κ1) is 24.3. The number of carbonyl (C=O) groups excluding carboxylic acids is 2. The molecule has 0 radical (unpaired) electrons. The van der Waals surface area contributed by atoms with E-state index in [4.69, 9.17) is 4.74 Å². The van der Waals surface area contributed by atoms with Crippen molar-refractivity contribution in [1.82, 2.24) is 0 Å². The number of carbonyl (C=O) groups is 2. The van der Waals surface area contributed by atoms with Crippen LogP contribution in [-0.4, -0.2) is 23.4 Å². The Balaban J connectivity index is 1.68. The summed E-state index contributed by atoms with van der Waals surface area (Å²) in [4.78, 5) is 28.2. The fourth-order valence-corrected chi connectivity index (χ4v) is 4.30. The Morgan fingerprint density at radius 3 is 2.37 bits per heavy atom. The second-order valence-electron chi connectivity index (χ2n) is 9.36. The average molecular weight is 470 g/mol. The van der Waals surface area contributed by atoms with Crippen molar-refractivity contribution in [3.8, 4) is 5.75 Å². The van der Waals surface area contributed by atoms with Gasteiger partial charge in [-0.3, -0.25) is 14.5 Å². The highest BCUT2D eigenvalue weighted by Gasteiger charge is 2.44. The first-order chi connectivity index (χ1) is 16.8. The molecule has 4 rings (SSSR count). The number of nitrogens with zero attached hydrogens (tertiary/aromatic N) is 1. The highest BCUT2D eigenvalue weighted by molar-refractivity contribution is 6.16. The molecule has 1 N–H and O–H groups in total. The van der Waals surface area contributed by atoms with Crippen LogP contribution in [0.1, 0.15) is 43.0 Å². The molecular formula is C30H31NO4. The van der Waals surface area contributed by atoms with Gasteiger partial charge in [0, 0.05) is 12.1 Å². The minimum Gasteiger partial charge on any atom is -0.503 e. The topological polar surface area (TPSA) is 66.8 Å². The highest BCUT2D eigenvalue weighted by atomic mass is 16.5. The van der Waals surface area contributed by atoms with Crippen LogP contribution < -0.4 is 9.64 Å². The van der Waals surface area contributed by atoms with E-state index < -0.39 is 17.7 Å². The zero-order chi connectivity index (χ0) is 24.9. The van der Waals surface area contributed by atoms with Crippen LogP contribution in [-0.2, 0) is 16.0 Å². The predicted octanol–water partition coefficient (Wildman–Crippen LogP) is 6.13. The van der Waals surface area contributed by atoms with E-state index >= 15 is 0 Å². The first-order valence-corrected chi connectivity index (χ1v) is 12.0. The molecule has 0 spiro atoms. The Morgan fingerprint density at radius 1 is 1.00 bits per heavy atom. The second-order valence-corrected chi connectivity index (χ2v) is 9.36. The van der Waals surface area contributed by atoms with Gasteiger partial charge in [-0.2, -0.15) is 0 Å². The molecule has 35 heavy (non-hydrogen) atoms. The number of hydrogen-bond donors (Lipinski definition) is 1. The second kappa shape index (κ2) is 10.6. The van der Waals surface area contributed by atoms with Gasteiger partial charge in [-0.05, 0) is 60.2 Å². The Hall–Kier alpha value is -3.86. The van der Waals surface area contributed by atoms with E-state index in [0.717, 1.165) is 22.4 Å². The first-order valence-electron chi connectivity index (χ1n) is 12.0. The molecule has 3 aromatic carbocycles. The summed E-state index contributed by atoms with van der Waals surface area (Å²) in [6, 6.07) is 23.9. The van der Waals surface area contributed by atoms with Crippen molar-refractivity contribution in [1.29, 1.82) is 0 Å². The van der Waals surface area contributed by atoms with E-state index in [1.165, 1.54) is 4.90 Å². The van der Waals surface area contributed by atoms with Gasteiger partial charge in [0.2, 0.25) is 0 Å². The minimum atomic E-state index is -0.716. The van der Waals surface area contributed by atoms with E-state index in [-0.39, 0.29) is 17.8 Å². The van der Waals surface area contributed by atoms with Crippen LogP contribution in [0.3, 0.4) is 0 Å². The fraction of sp³-hybridized carbons (Fsp3) is 0.267. The molecule has 3 aromatic rings. The highest BCUT2D eigenvalue weighted by Crippen LogP contribution is 2.42. The molecule has 1 unspecified atom stereocenters. The van der Waals surface area contributed by atoms with E-state index in [2.05, 4.69) is 13.8 Å². The van der Waals surface area contributed by atoms with E-state index in [9.17, 15) is 14.7 Å². The molecule has 1 aliphatic rings. The summed E-state index contributed by atoms with van der Waals surface area (Å²) in [7, 11) is 0. The van der Waals surface area contributed by atoms with Crippen molar-refractivity contribution in [2.45, 2.75) is 39.7 Å². The lowest BCUT2D eigenvalue weighted by molar-refractivity contribution is -0.118. The molecule has 5 heteroatoms. The zero-order valence-electron chi connectivity index (χ0n) is 20.4. The van der Waals surface area contributed by atoms with Crippen molar-refractivity contribution < 1.29 is 19.4 Å². The lowest BCUT2D eigenvalue weighted by Gasteiger charge is -2.27. The zero-order valence-corrected chi connectivity index (χ0v) is 20.4. The molecule has 1 atom stereocenters. The van der Waals surface area contributed by atoms with Crippen molar-refractivity contribution >= 4 is 17.4 Å². The average Bonchev–Trinajstić information content (AvgIpc) is 3.12. The normalized spacial score (nSPS) is 15.7. The monoisotopic (exact) mass is 469 g/mol. The van der Waals surface area contributed by atoms with Gasteiger partial charge >= 0.3 is 0 Å². The van der Waals surface area contributed by atoms with Gasteiger partial charge < -0.3 is 9.84 Å². The standard InChI is InChI=1S/C30H31NO4/c1-20(2)19-35-25-15-13-23(14-16-25)28-27(26(32)17-12-22-9-5-4-6-10-22)29(33)30(34)31(28)24-11-7-8-21(3)18-24/h4-11,13-16,18,20,28,33H,12,17,19H2,1-3H3. The Morgan fingerprint density at radius 2 is 1.71 bits per heavy atom. The number of aliphatic hydroxyl groups excluding tert-OH is 1. The summed E-state index contributed by atoms with van der Waals surface area (Å²) in [6.07, 6.45) is 0.730. The van der Waals surface area contributed by atoms with Crippen molar-refractivity contribution in [3.05, 3.63) is 107 Å². The number of anilines is 1. The number of aliphatic hydroxyl groups is 1. The van der Waals surface area contributed by atoms with Crippen LogP contribution in [0.2, 0.25) is 0 Å². The number of hydrogen-bond acceptors (Lipinski definition) is 4. The molecule has 0 fully saturated rings. The molecule has 1 aliphatic heterocycles. The van der Waals surface area contributed by atoms with Gasteiger partial charge in [0.1, 0.15) is 5.75 Å². The van der Waals surface area contributed by atoms with E-state index in [1.807, 2.05) is 85.8 Å². The van der Waals surface area contributed by atoms with E-state index in [0.29, 0.717) is 24.6 Å². The van der Waals surface area contributed by atoms with E-state index in [1.54, 1.807) is 0 Å². The molecule has 180 valence electrons. The summed E-state index contributed by atoms with van der Waals surface area (Å²) in [5.74, 6) is -0.162. The van der Waals surface area contributed by atoms with Gasteiger partial charge in [-0.1, -0.05) is 68.4 Å². The Kier molecular flexibility index (Phi) is 7.35. The lowest BCUT2D eigenvalue weighted by atomic mass is 9.93. The number of ether oxygens (including phenoxy) is 1. The summed E-state index contributed by atoms with van der Waals surface area (Å²) >= 11 is 0. The number of benzene rings is 3. The third-order valence-electron chi connectivity index (χ3n) is 6.05. The molecule has 1 heterocycles. The summed E-state index contributed by atoms with van der Waals surface area (Å²) in [6.45, 7) is 6.71. The van der Waals surface area contributed by atoms with Gasteiger partial charge in [-0.15, -0.1) is 0 Å². The number of aryl methyl sites for hydroxylation is 2. The number of Topliss-reactive ketones (excluding diaryl/α,β-unsaturated/α-hetero) is 1. The number of rotatable bonds is 9. The molecule has 0 bridgehead atoms. The van der Waals surface area contributed by atoms with Crippen LogP contribution in [0, 0.1) is 12.8 Å².